The third-order valence-electron chi connectivity index (χ3n) is 1.85. The van der Waals surface area contributed by atoms with Crippen LogP contribution in [0.3, 0.4) is 0 Å². The summed E-state index contributed by atoms with van der Waals surface area (Å²) in [5.74, 6) is 4.75. The molecule has 0 bridgehead atoms. The number of aromatic nitrogens is 1. The van der Waals surface area contributed by atoms with Crippen molar-refractivity contribution in [2.45, 2.75) is 19.4 Å². The van der Waals surface area contributed by atoms with Crippen molar-refractivity contribution in [1.29, 1.82) is 0 Å². The average molecular weight is 296 g/mol. The van der Waals surface area contributed by atoms with Crippen LogP contribution in [0, 0.1) is 17.7 Å². The molecule has 4 N–H and O–H groups in total. The van der Waals surface area contributed by atoms with Gasteiger partial charge in [-0.3, -0.25) is 0 Å². The third kappa shape index (κ3) is 4.96. The van der Waals surface area contributed by atoms with Crippen molar-refractivity contribution in [3.8, 4) is 17.6 Å². The van der Waals surface area contributed by atoms with Gasteiger partial charge in [0.1, 0.15) is 0 Å². The highest BCUT2D eigenvalue weighted by atomic mass is 35.5. The minimum absolute atomic E-state index is 0. The highest BCUT2D eigenvalue weighted by Crippen LogP contribution is 2.24. The molecule has 0 saturated heterocycles. The zero-order valence-corrected chi connectivity index (χ0v) is 11.7. The Labute approximate surface area is 118 Å². The summed E-state index contributed by atoms with van der Waals surface area (Å²) in [6.07, 6.45) is 1.77. The maximum absolute atomic E-state index is 13.7. The third-order valence-corrected chi connectivity index (χ3v) is 1.85. The molecule has 1 heterocycles. The minimum atomic E-state index is -0.591. The number of pyridine rings is 1. The second-order valence-corrected chi connectivity index (χ2v) is 3.39. The first kappa shape index (κ1) is 19.1. The molecule has 0 aliphatic heterocycles. The molecule has 18 heavy (non-hydrogen) atoms. The summed E-state index contributed by atoms with van der Waals surface area (Å²) in [6.45, 7) is 1.83. The molecule has 1 aromatic heterocycles. The van der Waals surface area contributed by atoms with Crippen LogP contribution in [0.5, 0.6) is 5.75 Å². The molecule has 1 rings (SSSR count). The number of methoxy groups -OCH3 is 1. The van der Waals surface area contributed by atoms with E-state index < -0.39 is 5.82 Å². The Bertz CT molecular complexity index is 444. The molecule has 0 fully saturated rings. The van der Waals surface area contributed by atoms with Crippen LogP contribution >= 0.6 is 24.8 Å². The number of hydrogen-bond donors (Lipinski definition) is 2. The van der Waals surface area contributed by atoms with E-state index in [-0.39, 0.29) is 48.0 Å². The summed E-state index contributed by atoms with van der Waals surface area (Å²) in [4.78, 5) is 3.79. The van der Waals surface area contributed by atoms with Crippen LogP contribution in [0.4, 0.5) is 10.2 Å². The molecular formula is C11H16Cl2FN3O. The van der Waals surface area contributed by atoms with Gasteiger partial charge in [-0.05, 0) is 6.92 Å². The normalized spacial score (nSPS) is 10.2. The predicted octanol–water partition coefficient (Wildman–Crippen LogP) is 1.74. The van der Waals surface area contributed by atoms with Crippen LogP contribution in [0.25, 0.3) is 0 Å². The van der Waals surface area contributed by atoms with Gasteiger partial charge in [-0.2, -0.15) is 0 Å². The molecule has 0 amide bonds. The number of anilines is 1. The second-order valence-electron chi connectivity index (χ2n) is 3.39. The topological polar surface area (TPSA) is 74.2 Å². The fourth-order valence-corrected chi connectivity index (χ4v) is 1.07. The van der Waals surface area contributed by atoms with E-state index in [1.54, 1.807) is 0 Å². The lowest BCUT2D eigenvalue weighted by atomic mass is 10.2. The summed E-state index contributed by atoms with van der Waals surface area (Å²) in [6, 6.07) is -0.0424. The van der Waals surface area contributed by atoms with Gasteiger partial charge in [0.05, 0.1) is 12.7 Å². The maximum Gasteiger partial charge on any atom is 0.198 e. The first-order valence-corrected chi connectivity index (χ1v) is 4.78. The Morgan fingerprint density at radius 3 is 2.61 bits per heavy atom. The maximum atomic E-state index is 13.7. The number of nitrogen functional groups attached to an aromatic ring is 1. The smallest absolute Gasteiger partial charge is 0.198 e. The summed E-state index contributed by atoms with van der Waals surface area (Å²) in [5, 5.41) is 0. The number of hydrogen-bond acceptors (Lipinski definition) is 4. The van der Waals surface area contributed by atoms with Gasteiger partial charge in [0, 0.05) is 18.7 Å². The van der Waals surface area contributed by atoms with Crippen LogP contribution in [0.15, 0.2) is 6.20 Å². The number of nitrogens with two attached hydrogens (primary N) is 2. The van der Waals surface area contributed by atoms with E-state index in [9.17, 15) is 4.39 Å². The SMILES string of the molecule is COc1c(N)ncc(C#CC[C@H](C)N)c1F.Cl.Cl. The van der Waals surface area contributed by atoms with Gasteiger partial charge >= 0.3 is 0 Å². The fourth-order valence-electron chi connectivity index (χ4n) is 1.07. The van der Waals surface area contributed by atoms with Gasteiger partial charge in [0.15, 0.2) is 17.4 Å². The van der Waals surface area contributed by atoms with Crippen molar-refractivity contribution in [1.82, 2.24) is 4.98 Å². The van der Waals surface area contributed by atoms with Crippen molar-refractivity contribution < 1.29 is 9.13 Å². The van der Waals surface area contributed by atoms with Crippen LogP contribution in [0.2, 0.25) is 0 Å². The lowest BCUT2D eigenvalue weighted by molar-refractivity contribution is 0.386. The summed E-state index contributed by atoms with van der Waals surface area (Å²) in [7, 11) is 1.33. The van der Waals surface area contributed by atoms with Crippen LogP contribution in [-0.2, 0) is 0 Å². The van der Waals surface area contributed by atoms with Gasteiger partial charge < -0.3 is 16.2 Å². The van der Waals surface area contributed by atoms with Crippen molar-refractivity contribution in [2.24, 2.45) is 5.73 Å². The largest absolute Gasteiger partial charge is 0.490 e. The van der Waals surface area contributed by atoms with E-state index in [0.717, 1.165) is 0 Å². The minimum Gasteiger partial charge on any atom is -0.490 e. The van der Waals surface area contributed by atoms with E-state index in [2.05, 4.69) is 16.8 Å². The summed E-state index contributed by atoms with van der Waals surface area (Å²) < 4.78 is 18.5. The number of rotatable bonds is 2. The molecule has 7 heteroatoms. The average Bonchev–Trinajstić information content (AvgIpc) is 2.22. The lowest BCUT2D eigenvalue weighted by Crippen LogP contribution is -2.12. The Morgan fingerprint density at radius 1 is 1.50 bits per heavy atom. The first-order chi connectivity index (χ1) is 7.56. The Kier molecular flexibility index (Phi) is 9.36. The van der Waals surface area contributed by atoms with Gasteiger partial charge in [-0.25, -0.2) is 9.37 Å². The van der Waals surface area contributed by atoms with Crippen LogP contribution < -0.4 is 16.2 Å². The van der Waals surface area contributed by atoms with Crippen LogP contribution in [-0.4, -0.2) is 18.1 Å². The molecular weight excluding hydrogens is 280 g/mol. The van der Waals surface area contributed by atoms with Gasteiger partial charge in [-0.15, -0.1) is 24.8 Å². The van der Waals surface area contributed by atoms with Gasteiger partial charge in [0.25, 0.3) is 0 Å². The molecule has 0 radical (unpaired) electrons. The van der Waals surface area contributed by atoms with Crippen LogP contribution in [0.1, 0.15) is 18.9 Å². The van der Waals surface area contributed by atoms with E-state index in [0.29, 0.717) is 6.42 Å². The highest BCUT2D eigenvalue weighted by molar-refractivity contribution is 5.85. The fraction of sp³-hybridized carbons (Fsp3) is 0.364. The lowest BCUT2D eigenvalue weighted by Gasteiger charge is -2.05. The van der Waals surface area contributed by atoms with E-state index in [1.165, 1.54) is 13.3 Å². The summed E-state index contributed by atoms with van der Waals surface area (Å²) in [5.41, 5.74) is 11.1. The molecule has 0 aliphatic carbocycles. The standard InChI is InChI=1S/C11H14FN3O.2ClH/c1-7(13)4-3-5-8-6-15-11(14)10(16-2)9(8)12;;/h6-7H,4,13H2,1-2H3,(H2,14,15);2*1H/t7-;;/m0../s1. The molecule has 0 aliphatic rings. The first-order valence-electron chi connectivity index (χ1n) is 4.78. The quantitative estimate of drug-likeness (QED) is 0.815. The number of nitrogens with zero attached hydrogens (tertiary/aromatic N) is 1. The second kappa shape index (κ2) is 8.81. The molecule has 0 saturated carbocycles. The van der Waals surface area contributed by atoms with Gasteiger partial charge in [0.2, 0.25) is 0 Å². The van der Waals surface area contributed by atoms with Crippen molar-refractivity contribution in [2.75, 3.05) is 12.8 Å². The zero-order valence-electron chi connectivity index (χ0n) is 10.1. The molecule has 0 unspecified atom stereocenters. The Morgan fingerprint density at radius 2 is 2.11 bits per heavy atom. The van der Waals surface area contributed by atoms with E-state index in [4.69, 9.17) is 16.2 Å². The predicted molar refractivity (Wildman–Crippen MR) is 74.8 cm³/mol. The van der Waals surface area contributed by atoms with E-state index in [1.807, 2.05) is 6.92 Å². The van der Waals surface area contributed by atoms with Crippen molar-refractivity contribution in [3.63, 3.8) is 0 Å². The van der Waals surface area contributed by atoms with E-state index >= 15 is 0 Å². The Balaban J connectivity index is 0. The molecule has 1 atom stereocenters. The Hall–Kier alpha value is -1.22. The number of ether oxygens (including phenoxy) is 1. The molecule has 4 nitrogen and oxygen atoms in total. The number of halogens is 3. The van der Waals surface area contributed by atoms with Gasteiger partial charge in [-0.1, -0.05) is 11.8 Å². The molecule has 102 valence electrons. The highest BCUT2D eigenvalue weighted by Gasteiger charge is 2.11. The molecule has 0 aromatic carbocycles. The molecule has 1 aromatic rings. The monoisotopic (exact) mass is 295 g/mol. The molecule has 0 spiro atoms. The summed E-state index contributed by atoms with van der Waals surface area (Å²) >= 11 is 0. The van der Waals surface area contributed by atoms with Crippen molar-refractivity contribution in [3.05, 3.63) is 17.6 Å². The zero-order chi connectivity index (χ0) is 12.1. The van der Waals surface area contributed by atoms with Crippen molar-refractivity contribution >= 4 is 30.6 Å².